The van der Waals surface area contributed by atoms with Crippen molar-refractivity contribution in [1.82, 2.24) is 14.7 Å². The Bertz CT molecular complexity index is 464. The molecule has 1 aromatic rings. The molecule has 1 heterocycles. The number of hydrogen-bond donors (Lipinski definition) is 0. The Labute approximate surface area is 121 Å². The van der Waals surface area contributed by atoms with E-state index in [2.05, 4.69) is 24.7 Å². The van der Waals surface area contributed by atoms with Gasteiger partial charge < -0.3 is 4.90 Å². The van der Waals surface area contributed by atoms with Gasteiger partial charge in [-0.3, -0.25) is 9.48 Å². The van der Waals surface area contributed by atoms with E-state index in [1.54, 1.807) is 0 Å². The van der Waals surface area contributed by atoms with Crippen LogP contribution >= 0.6 is 0 Å². The van der Waals surface area contributed by atoms with Crippen molar-refractivity contribution >= 4 is 5.91 Å². The van der Waals surface area contributed by atoms with Crippen LogP contribution in [0.1, 0.15) is 44.0 Å². The molecule has 0 radical (unpaired) electrons. The fourth-order valence-electron chi connectivity index (χ4n) is 2.95. The molecule has 1 aliphatic carbocycles. The van der Waals surface area contributed by atoms with Crippen LogP contribution < -0.4 is 0 Å². The van der Waals surface area contributed by atoms with Crippen LogP contribution in [0.25, 0.3) is 0 Å². The third kappa shape index (κ3) is 3.30. The van der Waals surface area contributed by atoms with E-state index in [0.29, 0.717) is 12.6 Å². The van der Waals surface area contributed by atoms with E-state index in [1.165, 1.54) is 18.9 Å². The average Bonchev–Trinajstić information content (AvgIpc) is 2.75. The lowest BCUT2D eigenvalue weighted by Gasteiger charge is -2.35. The van der Waals surface area contributed by atoms with Gasteiger partial charge in [0.05, 0.1) is 12.2 Å². The molecule has 0 atom stereocenters. The monoisotopic (exact) mass is 275 g/mol. The van der Waals surface area contributed by atoms with Crippen molar-refractivity contribution in [3.8, 4) is 0 Å². The van der Waals surface area contributed by atoms with Crippen LogP contribution in [0, 0.1) is 12.8 Å². The summed E-state index contributed by atoms with van der Waals surface area (Å²) in [6.45, 7) is 8.54. The zero-order valence-electron chi connectivity index (χ0n) is 12.8. The van der Waals surface area contributed by atoms with Crippen molar-refractivity contribution in [3.05, 3.63) is 30.1 Å². The standard InChI is InChI=1S/C16H25N3O/c1-5-16(20)19(15-8-6-12(2)7-9-15)11-14-10-13(3)18(4)17-14/h5,10,12,15H,1,6-9,11H2,2-4H3. The number of hydrogen-bond acceptors (Lipinski definition) is 2. The van der Waals surface area contributed by atoms with Gasteiger partial charge in [-0.05, 0) is 50.7 Å². The summed E-state index contributed by atoms with van der Waals surface area (Å²) in [5.41, 5.74) is 2.07. The number of carbonyl (C=O) groups is 1. The first-order valence-electron chi connectivity index (χ1n) is 7.43. The van der Waals surface area contributed by atoms with Gasteiger partial charge in [0.15, 0.2) is 0 Å². The van der Waals surface area contributed by atoms with Crippen molar-refractivity contribution < 1.29 is 4.79 Å². The highest BCUT2D eigenvalue weighted by molar-refractivity contribution is 5.87. The van der Waals surface area contributed by atoms with Crippen LogP contribution in [-0.4, -0.2) is 26.6 Å². The Morgan fingerprint density at radius 2 is 2.15 bits per heavy atom. The Balaban J connectivity index is 2.11. The first kappa shape index (κ1) is 14.8. The molecule has 0 aromatic carbocycles. The van der Waals surface area contributed by atoms with Crippen LogP contribution in [0.2, 0.25) is 0 Å². The molecule has 0 bridgehead atoms. The minimum atomic E-state index is 0.0212. The summed E-state index contributed by atoms with van der Waals surface area (Å²) in [6, 6.07) is 2.38. The largest absolute Gasteiger partial charge is 0.330 e. The second-order valence-electron chi connectivity index (χ2n) is 5.98. The quantitative estimate of drug-likeness (QED) is 0.792. The van der Waals surface area contributed by atoms with Gasteiger partial charge in [0.1, 0.15) is 0 Å². The van der Waals surface area contributed by atoms with Gasteiger partial charge in [-0.2, -0.15) is 5.10 Å². The summed E-state index contributed by atoms with van der Waals surface area (Å²) < 4.78 is 1.86. The topological polar surface area (TPSA) is 38.1 Å². The van der Waals surface area contributed by atoms with E-state index in [0.717, 1.165) is 30.1 Å². The molecule has 20 heavy (non-hydrogen) atoms. The Morgan fingerprint density at radius 3 is 2.65 bits per heavy atom. The lowest BCUT2D eigenvalue weighted by atomic mass is 9.86. The van der Waals surface area contributed by atoms with E-state index in [1.807, 2.05) is 23.6 Å². The van der Waals surface area contributed by atoms with Gasteiger partial charge in [0, 0.05) is 18.8 Å². The van der Waals surface area contributed by atoms with Crippen LogP contribution in [-0.2, 0) is 18.4 Å². The van der Waals surface area contributed by atoms with Crippen LogP contribution in [0.15, 0.2) is 18.7 Å². The zero-order chi connectivity index (χ0) is 14.7. The number of aryl methyl sites for hydroxylation is 2. The summed E-state index contributed by atoms with van der Waals surface area (Å²) in [5, 5.41) is 4.46. The molecule has 0 spiro atoms. The smallest absolute Gasteiger partial charge is 0.246 e. The molecule has 4 heteroatoms. The highest BCUT2D eigenvalue weighted by atomic mass is 16.2. The number of nitrogens with zero attached hydrogens (tertiary/aromatic N) is 3. The van der Waals surface area contributed by atoms with Crippen molar-refractivity contribution in [1.29, 1.82) is 0 Å². The number of carbonyl (C=O) groups excluding carboxylic acids is 1. The summed E-state index contributed by atoms with van der Waals surface area (Å²) in [6.07, 6.45) is 6.01. The van der Waals surface area contributed by atoms with Crippen molar-refractivity contribution in [2.45, 2.75) is 52.1 Å². The molecule has 1 aromatic heterocycles. The van der Waals surface area contributed by atoms with Gasteiger partial charge in [0.25, 0.3) is 0 Å². The molecule has 1 saturated carbocycles. The maximum Gasteiger partial charge on any atom is 0.246 e. The van der Waals surface area contributed by atoms with Crippen molar-refractivity contribution in [3.63, 3.8) is 0 Å². The second-order valence-corrected chi connectivity index (χ2v) is 5.98. The van der Waals surface area contributed by atoms with E-state index in [-0.39, 0.29) is 5.91 Å². The highest BCUT2D eigenvalue weighted by Gasteiger charge is 2.27. The predicted octanol–water partition coefficient (Wildman–Crippen LogP) is 2.82. The molecule has 0 saturated heterocycles. The maximum absolute atomic E-state index is 12.2. The number of rotatable bonds is 4. The van der Waals surface area contributed by atoms with Crippen molar-refractivity contribution in [2.75, 3.05) is 0 Å². The molecule has 0 aliphatic heterocycles. The van der Waals surface area contributed by atoms with Crippen LogP contribution in [0.4, 0.5) is 0 Å². The molecule has 4 nitrogen and oxygen atoms in total. The highest BCUT2D eigenvalue weighted by Crippen LogP contribution is 2.28. The molecule has 1 amide bonds. The summed E-state index contributed by atoms with van der Waals surface area (Å²) in [4.78, 5) is 14.1. The molecule has 0 unspecified atom stereocenters. The molecule has 2 rings (SSSR count). The molecule has 0 N–H and O–H groups in total. The van der Waals surface area contributed by atoms with Gasteiger partial charge in [0.2, 0.25) is 5.91 Å². The Morgan fingerprint density at radius 1 is 1.50 bits per heavy atom. The minimum Gasteiger partial charge on any atom is -0.330 e. The minimum absolute atomic E-state index is 0.0212. The van der Waals surface area contributed by atoms with E-state index in [4.69, 9.17) is 0 Å². The van der Waals surface area contributed by atoms with E-state index < -0.39 is 0 Å². The SMILES string of the molecule is C=CC(=O)N(Cc1cc(C)n(C)n1)C1CCC(C)CC1. The molecule has 1 fully saturated rings. The Hall–Kier alpha value is -1.58. The lowest BCUT2D eigenvalue weighted by molar-refractivity contribution is -0.129. The zero-order valence-corrected chi connectivity index (χ0v) is 12.8. The van der Waals surface area contributed by atoms with Crippen LogP contribution in [0.3, 0.4) is 0 Å². The fraction of sp³-hybridized carbons (Fsp3) is 0.625. The third-order valence-electron chi connectivity index (χ3n) is 4.38. The Kier molecular flexibility index (Phi) is 4.63. The molecular formula is C16H25N3O. The maximum atomic E-state index is 12.2. The van der Waals surface area contributed by atoms with Crippen molar-refractivity contribution in [2.24, 2.45) is 13.0 Å². The molecule has 110 valence electrons. The van der Waals surface area contributed by atoms with Gasteiger partial charge in [-0.1, -0.05) is 13.5 Å². The number of aromatic nitrogens is 2. The predicted molar refractivity (Wildman–Crippen MR) is 80.1 cm³/mol. The van der Waals surface area contributed by atoms with Gasteiger partial charge in [-0.25, -0.2) is 0 Å². The van der Waals surface area contributed by atoms with E-state index in [9.17, 15) is 4.79 Å². The van der Waals surface area contributed by atoms with Crippen LogP contribution in [0.5, 0.6) is 0 Å². The summed E-state index contributed by atoms with van der Waals surface area (Å²) in [5.74, 6) is 0.803. The average molecular weight is 275 g/mol. The first-order valence-corrected chi connectivity index (χ1v) is 7.43. The second kappa shape index (κ2) is 6.25. The third-order valence-corrected chi connectivity index (χ3v) is 4.38. The first-order chi connectivity index (χ1) is 9.51. The molecular weight excluding hydrogens is 250 g/mol. The van der Waals surface area contributed by atoms with Gasteiger partial charge in [-0.15, -0.1) is 0 Å². The summed E-state index contributed by atoms with van der Waals surface area (Å²) >= 11 is 0. The fourth-order valence-corrected chi connectivity index (χ4v) is 2.95. The van der Waals surface area contributed by atoms with Gasteiger partial charge >= 0.3 is 0 Å². The molecule has 1 aliphatic rings. The lowest BCUT2D eigenvalue weighted by Crippen LogP contribution is -2.41. The normalized spacial score (nSPS) is 22.6. The summed E-state index contributed by atoms with van der Waals surface area (Å²) in [7, 11) is 1.93. The number of amides is 1. The van der Waals surface area contributed by atoms with E-state index >= 15 is 0 Å².